The van der Waals surface area contributed by atoms with Crippen molar-refractivity contribution in [2.24, 2.45) is 17.8 Å². The zero-order valence-corrected chi connectivity index (χ0v) is 15.8. The average Bonchev–Trinajstić information content (AvgIpc) is 3.29. The summed E-state index contributed by atoms with van der Waals surface area (Å²) in [5.74, 6) is -1.12. The van der Waals surface area contributed by atoms with Crippen LogP contribution in [-0.2, 0) is 16.1 Å². The Balaban J connectivity index is 0.000000330. The number of benzene rings is 1. The molecule has 3 atom stereocenters. The molecular formula is C21H27FN2O4. The number of rotatable bonds is 4. The molecule has 1 aliphatic heterocycles. The van der Waals surface area contributed by atoms with Crippen LogP contribution < -0.4 is 0 Å². The lowest BCUT2D eigenvalue weighted by atomic mass is 9.93. The van der Waals surface area contributed by atoms with Crippen molar-refractivity contribution < 1.29 is 24.2 Å². The lowest BCUT2D eigenvalue weighted by molar-refractivity contribution is -0.159. The molecule has 152 valence electrons. The predicted molar refractivity (Wildman–Crippen MR) is 102 cm³/mol. The minimum atomic E-state index is -1.82. The molecule has 3 aliphatic rings. The Labute approximate surface area is 164 Å². The number of allylic oxidation sites excluding steroid dienone is 2. The van der Waals surface area contributed by atoms with E-state index in [9.17, 15) is 4.39 Å². The summed E-state index contributed by atoms with van der Waals surface area (Å²) in [5, 5.41) is 14.8. The summed E-state index contributed by atoms with van der Waals surface area (Å²) in [7, 11) is 0. The zero-order valence-electron chi connectivity index (χ0n) is 15.8. The van der Waals surface area contributed by atoms with Gasteiger partial charge in [-0.15, -0.1) is 0 Å². The molecular weight excluding hydrogens is 363 g/mol. The number of carboxylic acid groups (broad SMARTS) is 2. The molecule has 0 spiro atoms. The van der Waals surface area contributed by atoms with Gasteiger partial charge in [-0.05, 0) is 36.7 Å². The molecule has 4 rings (SSSR count). The van der Waals surface area contributed by atoms with E-state index in [0.29, 0.717) is 0 Å². The van der Waals surface area contributed by atoms with Crippen molar-refractivity contribution in [2.75, 3.05) is 32.7 Å². The van der Waals surface area contributed by atoms with Gasteiger partial charge >= 0.3 is 11.9 Å². The highest BCUT2D eigenvalue weighted by Gasteiger charge is 2.36. The van der Waals surface area contributed by atoms with Crippen LogP contribution in [0.2, 0.25) is 0 Å². The molecule has 0 amide bonds. The number of hydrogen-bond acceptors (Lipinski definition) is 4. The summed E-state index contributed by atoms with van der Waals surface area (Å²) in [6, 6.07) is 7.16. The summed E-state index contributed by atoms with van der Waals surface area (Å²) < 4.78 is 13.7. The van der Waals surface area contributed by atoms with E-state index in [-0.39, 0.29) is 5.82 Å². The number of piperazine rings is 1. The fraction of sp³-hybridized carbons (Fsp3) is 0.524. The summed E-state index contributed by atoms with van der Waals surface area (Å²) >= 11 is 0. The predicted octanol–water partition coefficient (Wildman–Crippen LogP) is 2.31. The van der Waals surface area contributed by atoms with E-state index in [1.54, 1.807) is 12.1 Å². The van der Waals surface area contributed by atoms with Crippen molar-refractivity contribution in [1.82, 2.24) is 9.80 Å². The Morgan fingerprint density at radius 2 is 1.61 bits per heavy atom. The third-order valence-electron chi connectivity index (χ3n) is 5.91. The highest BCUT2D eigenvalue weighted by Crippen LogP contribution is 2.43. The van der Waals surface area contributed by atoms with Gasteiger partial charge in [0.25, 0.3) is 0 Å². The van der Waals surface area contributed by atoms with Gasteiger partial charge in [-0.25, -0.2) is 14.0 Å². The van der Waals surface area contributed by atoms with Crippen LogP contribution in [0.5, 0.6) is 0 Å². The van der Waals surface area contributed by atoms with Crippen LogP contribution in [0.3, 0.4) is 0 Å². The third kappa shape index (κ3) is 5.39. The number of aliphatic carboxylic acids is 2. The Morgan fingerprint density at radius 1 is 0.964 bits per heavy atom. The molecule has 1 aromatic rings. The van der Waals surface area contributed by atoms with Crippen LogP contribution in [0.1, 0.15) is 18.4 Å². The monoisotopic (exact) mass is 390 g/mol. The fourth-order valence-corrected chi connectivity index (χ4v) is 4.43. The fourth-order valence-electron chi connectivity index (χ4n) is 4.43. The Hall–Kier alpha value is -2.25. The first kappa shape index (κ1) is 20.5. The van der Waals surface area contributed by atoms with Gasteiger partial charge < -0.3 is 15.1 Å². The molecule has 2 fully saturated rings. The average molecular weight is 390 g/mol. The minimum absolute atomic E-state index is 0.0707. The first-order chi connectivity index (χ1) is 13.4. The van der Waals surface area contributed by atoms with Gasteiger partial charge in [0.05, 0.1) is 0 Å². The van der Waals surface area contributed by atoms with Crippen molar-refractivity contribution >= 4 is 11.9 Å². The SMILES string of the molecule is Fc1ccccc1CN1CCN(CC2CC3C=CC2C3)CC1.O=C(O)C(=O)O. The van der Waals surface area contributed by atoms with Crippen molar-refractivity contribution in [3.05, 3.63) is 47.8 Å². The summed E-state index contributed by atoms with van der Waals surface area (Å²) in [6.45, 7) is 6.39. The minimum Gasteiger partial charge on any atom is -0.473 e. The molecule has 1 heterocycles. The number of nitrogens with zero attached hydrogens (tertiary/aromatic N) is 2. The second-order valence-electron chi connectivity index (χ2n) is 7.82. The third-order valence-corrected chi connectivity index (χ3v) is 5.91. The number of halogens is 1. The Morgan fingerprint density at radius 3 is 2.14 bits per heavy atom. The molecule has 1 saturated carbocycles. The number of hydrogen-bond donors (Lipinski definition) is 2. The van der Waals surface area contributed by atoms with Crippen molar-refractivity contribution in [1.29, 1.82) is 0 Å². The molecule has 2 bridgehead atoms. The van der Waals surface area contributed by atoms with E-state index in [2.05, 4.69) is 22.0 Å². The molecule has 6 nitrogen and oxygen atoms in total. The van der Waals surface area contributed by atoms with Crippen LogP contribution >= 0.6 is 0 Å². The number of carbonyl (C=O) groups is 2. The van der Waals surface area contributed by atoms with Crippen molar-refractivity contribution in [2.45, 2.75) is 19.4 Å². The maximum Gasteiger partial charge on any atom is 0.414 e. The van der Waals surface area contributed by atoms with Crippen LogP contribution in [0.4, 0.5) is 4.39 Å². The first-order valence-electron chi connectivity index (χ1n) is 9.75. The standard InChI is InChI=1S/C19H25FN2.C2H2O4/c20-19-4-2-1-3-17(19)13-21-7-9-22(10-8-21)14-18-12-15-5-6-16(18)11-15;3-1(4)2(5)6/h1-6,15-16,18H,7-14H2;(H,3,4)(H,5,6). The number of fused-ring (bicyclic) bond motifs is 2. The normalized spacial score (nSPS) is 26.7. The molecule has 1 aromatic carbocycles. The van der Waals surface area contributed by atoms with Crippen LogP contribution in [-0.4, -0.2) is 64.7 Å². The van der Waals surface area contributed by atoms with Gasteiger partial charge in [0, 0.05) is 44.8 Å². The van der Waals surface area contributed by atoms with E-state index >= 15 is 0 Å². The summed E-state index contributed by atoms with van der Waals surface area (Å²) in [5.41, 5.74) is 0.828. The van der Waals surface area contributed by atoms with Crippen LogP contribution in [0, 0.1) is 23.6 Å². The zero-order chi connectivity index (χ0) is 20.1. The second kappa shape index (κ2) is 9.30. The summed E-state index contributed by atoms with van der Waals surface area (Å²) in [6.07, 6.45) is 7.68. The Kier molecular flexibility index (Phi) is 6.80. The van der Waals surface area contributed by atoms with Crippen LogP contribution in [0.15, 0.2) is 36.4 Å². The Bertz CT molecular complexity index is 719. The molecule has 1 saturated heterocycles. The van der Waals surface area contributed by atoms with Crippen LogP contribution in [0.25, 0.3) is 0 Å². The first-order valence-corrected chi connectivity index (χ1v) is 9.75. The lowest BCUT2D eigenvalue weighted by Crippen LogP contribution is -2.47. The molecule has 3 unspecified atom stereocenters. The smallest absolute Gasteiger partial charge is 0.414 e. The van der Waals surface area contributed by atoms with Crippen molar-refractivity contribution in [3.63, 3.8) is 0 Å². The van der Waals surface area contributed by atoms with E-state index in [0.717, 1.165) is 56.0 Å². The van der Waals surface area contributed by atoms with Gasteiger partial charge in [0.2, 0.25) is 0 Å². The molecule has 7 heteroatoms. The van der Waals surface area contributed by atoms with Gasteiger partial charge in [-0.3, -0.25) is 4.90 Å². The van der Waals surface area contributed by atoms with E-state index in [1.165, 1.54) is 19.4 Å². The largest absolute Gasteiger partial charge is 0.473 e. The maximum atomic E-state index is 13.7. The van der Waals surface area contributed by atoms with E-state index in [4.69, 9.17) is 19.8 Å². The van der Waals surface area contributed by atoms with E-state index in [1.807, 2.05) is 12.1 Å². The van der Waals surface area contributed by atoms with Gasteiger partial charge in [0.15, 0.2) is 0 Å². The van der Waals surface area contributed by atoms with Gasteiger partial charge in [-0.1, -0.05) is 30.4 Å². The molecule has 28 heavy (non-hydrogen) atoms. The highest BCUT2D eigenvalue weighted by atomic mass is 19.1. The molecule has 0 radical (unpaired) electrons. The quantitative estimate of drug-likeness (QED) is 0.607. The molecule has 0 aromatic heterocycles. The maximum absolute atomic E-state index is 13.7. The molecule has 2 N–H and O–H groups in total. The highest BCUT2D eigenvalue weighted by molar-refractivity contribution is 6.27. The second-order valence-corrected chi connectivity index (χ2v) is 7.82. The molecule has 2 aliphatic carbocycles. The van der Waals surface area contributed by atoms with E-state index < -0.39 is 11.9 Å². The van der Waals surface area contributed by atoms with Gasteiger partial charge in [0.1, 0.15) is 5.82 Å². The van der Waals surface area contributed by atoms with Crippen molar-refractivity contribution in [3.8, 4) is 0 Å². The van der Waals surface area contributed by atoms with Gasteiger partial charge in [-0.2, -0.15) is 0 Å². The lowest BCUT2D eigenvalue weighted by Gasteiger charge is -2.37. The number of carboxylic acids is 2. The topological polar surface area (TPSA) is 81.1 Å². The summed E-state index contributed by atoms with van der Waals surface area (Å²) in [4.78, 5) is 23.2.